The van der Waals surface area contributed by atoms with E-state index in [4.69, 9.17) is 5.11 Å². The number of aryl methyl sites for hydroxylation is 2. The topological polar surface area (TPSA) is 111 Å². The SMILES string of the molecule is Cn1cnn(CCS(=O)(=O)c2cccc(C(=O)O)c2)c1=O. The molecule has 0 atom stereocenters. The molecular formula is C12H13N3O5S. The Balaban J connectivity index is 2.23. The first-order chi connectivity index (χ1) is 9.81. The molecule has 0 spiro atoms. The van der Waals surface area contributed by atoms with Gasteiger partial charge in [0.15, 0.2) is 9.84 Å². The molecule has 1 aromatic carbocycles. The van der Waals surface area contributed by atoms with Gasteiger partial charge in [0.2, 0.25) is 0 Å². The third-order valence-electron chi connectivity index (χ3n) is 2.90. The van der Waals surface area contributed by atoms with Gasteiger partial charge in [-0.3, -0.25) is 4.57 Å². The summed E-state index contributed by atoms with van der Waals surface area (Å²) in [5.74, 6) is -1.54. The highest BCUT2D eigenvalue weighted by Crippen LogP contribution is 2.13. The van der Waals surface area contributed by atoms with E-state index in [-0.39, 0.29) is 22.8 Å². The fraction of sp³-hybridized carbons (Fsp3) is 0.250. The van der Waals surface area contributed by atoms with Crippen LogP contribution >= 0.6 is 0 Å². The molecule has 0 fully saturated rings. The number of hydrogen-bond acceptors (Lipinski definition) is 5. The summed E-state index contributed by atoms with van der Waals surface area (Å²) in [6.45, 7) is -0.0979. The number of rotatable bonds is 5. The fourth-order valence-electron chi connectivity index (χ4n) is 1.72. The van der Waals surface area contributed by atoms with Crippen molar-refractivity contribution in [2.24, 2.45) is 7.05 Å². The first kappa shape index (κ1) is 15.0. The third kappa shape index (κ3) is 3.19. The summed E-state index contributed by atoms with van der Waals surface area (Å²) in [7, 11) is -2.18. The number of carboxylic acids is 1. The molecule has 1 aromatic heterocycles. The summed E-state index contributed by atoms with van der Waals surface area (Å²) in [6.07, 6.45) is 1.29. The summed E-state index contributed by atoms with van der Waals surface area (Å²) >= 11 is 0. The third-order valence-corrected chi connectivity index (χ3v) is 4.59. The van der Waals surface area contributed by atoms with Crippen LogP contribution in [0.4, 0.5) is 0 Å². The number of hydrogen-bond donors (Lipinski definition) is 1. The Kier molecular flexibility index (Phi) is 3.94. The van der Waals surface area contributed by atoms with Crippen LogP contribution in [0.5, 0.6) is 0 Å². The maximum Gasteiger partial charge on any atom is 0.345 e. The average molecular weight is 311 g/mol. The lowest BCUT2D eigenvalue weighted by atomic mass is 10.2. The first-order valence-corrected chi connectivity index (χ1v) is 7.61. The van der Waals surface area contributed by atoms with Gasteiger partial charge in [-0.1, -0.05) is 6.07 Å². The number of aromatic carboxylic acids is 1. The molecule has 8 nitrogen and oxygen atoms in total. The van der Waals surface area contributed by atoms with Gasteiger partial charge in [-0.2, -0.15) is 5.10 Å². The van der Waals surface area contributed by atoms with E-state index in [1.165, 1.54) is 36.1 Å². The predicted molar refractivity (Wildman–Crippen MR) is 72.9 cm³/mol. The summed E-state index contributed by atoms with van der Waals surface area (Å²) in [4.78, 5) is 22.3. The molecule has 112 valence electrons. The van der Waals surface area contributed by atoms with Gasteiger partial charge in [0.05, 0.1) is 22.8 Å². The van der Waals surface area contributed by atoms with Crippen molar-refractivity contribution in [2.75, 3.05) is 5.75 Å². The van der Waals surface area contributed by atoms with Gasteiger partial charge in [0.1, 0.15) is 6.33 Å². The maximum atomic E-state index is 12.2. The molecule has 2 rings (SSSR count). The zero-order valence-electron chi connectivity index (χ0n) is 11.1. The number of benzene rings is 1. The van der Waals surface area contributed by atoms with Crippen LogP contribution in [0, 0.1) is 0 Å². The second kappa shape index (κ2) is 5.52. The van der Waals surface area contributed by atoms with Crippen molar-refractivity contribution in [3.8, 4) is 0 Å². The highest BCUT2D eigenvalue weighted by molar-refractivity contribution is 7.91. The summed E-state index contributed by atoms with van der Waals surface area (Å²) in [5, 5.41) is 12.6. The molecule has 0 aliphatic carbocycles. The second-order valence-corrected chi connectivity index (χ2v) is 6.51. The number of carbonyl (C=O) groups is 1. The first-order valence-electron chi connectivity index (χ1n) is 5.96. The summed E-state index contributed by atoms with van der Waals surface area (Å²) < 4.78 is 26.6. The lowest BCUT2D eigenvalue weighted by Crippen LogP contribution is -2.26. The Morgan fingerprint density at radius 1 is 1.38 bits per heavy atom. The van der Waals surface area contributed by atoms with E-state index in [2.05, 4.69) is 5.10 Å². The lowest BCUT2D eigenvalue weighted by Gasteiger charge is -2.05. The Bertz CT molecular complexity index is 835. The molecule has 21 heavy (non-hydrogen) atoms. The molecule has 0 saturated carbocycles. The van der Waals surface area contributed by atoms with Crippen LogP contribution in [0.3, 0.4) is 0 Å². The van der Waals surface area contributed by atoms with E-state index in [1.54, 1.807) is 0 Å². The van der Waals surface area contributed by atoms with Crippen molar-refractivity contribution in [3.63, 3.8) is 0 Å². The molecule has 0 radical (unpaired) electrons. The van der Waals surface area contributed by atoms with Gasteiger partial charge >= 0.3 is 11.7 Å². The Labute approximate surface area is 120 Å². The van der Waals surface area contributed by atoms with Crippen molar-refractivity contribution in [3.05, 3.63) is 46.6 Å². The van der Waals surface area contributed by atoms with E-state index in [1.807, 2.05) is 0 Å². The molecule has 9 heteroatoms. The quantitative estimate of drug-likeness (QED) is 0.815. The maximum absolute atomic E-state index is 12.2. The van der Waals surface area contributed by atoms with Gasteiger partial charge in [0, 0.05) is 7.05 Å². The van der Waals surface area contributed by atoms with Crippen LogP contribution in [0.2, 0.25) is 0 Å². The highest BCUT2D eigenvalue weighted by atomic mass is 32.2. The number of carboxylic acid groups (broad SMARTS) is 1. The zero-order chi connectivity index (χ0) is 15.6. The van der Waals surface area contributed by atoms with Gasteiger partial charge < -0.3 is 5.11 Å². The van der Waals surface area contributed by atoms with Crippen LogP contribution in [-0.4, -0.2) is 39.6 Å². The molecule has 2 aromatic rings. The molecule has 0 amide bonds. The molecule has 0 unspecified atom stereocenters. The van der Waals surface area contributed by atoms with Crippen LogP contribution in [0.25, 0.3) is 0 Å². The number of aromatic nitrogens is 3. The van der Waals surface area contributed by atoms with Crippen LogP contribution in [0.15, 0.2) is 40.3 Å². The van der Waals surface area contributed by atoms with Crippen molar-refractivity contribution >= 4 is 15.8 Å². The van der Waals surface area contributed by atoms with Crippen molar-refractivity contribution in [1.82, 2.24) is 14.3 Å². The molecule has 0 aliphatic rings. The largest absolute Gasteiger partial charge is 0.478 e. The van der Waals surface area contributed by atoms with E-state index in [0.717, 1.165) is 10.7 Å². The minimum Gasteiger partial charge on any atom is -0.478 e. The van der Waals surface area contributed by atoms with E-state index < -0.39 is 21.5 Å². The van der Waals surface area contributed by atoms with Gasteiger partial charge in [-0.25, -0.2) is 22.7 Å². The van der Waals surface area contributed by atoms with Gasteiger partial charge in [-0.05, 0) is 18.2 Å². The standard InChI is InChI=1S/C12H13N3O5S/c1-14-8-13-15(12(14)18)5-6-21(19,20)10-4-2-3-9(7-10)11(16)17/h2-4,7-8H,5-6H2,1H3,(H,16,17). The van der Waals surface area contributed by atoms with Crippen molar-refractivity contribution in [1.29, 1.82) is 0 Å². The molecule has 0 saturated heterocycles. The van der Waals surface area contributed by atoms with Crippen LogP contribution in [-0.2, 0) is 23.4 Å². The second-order valence-electron chi connectivity index (χ2n) is 4.40. The molecular weight excluding hydrogens is 298 g/mol. The smallest absolute Gasteiger partial charge is 0.345 e. The summed E-state index contributed by atoms with van der Waals surface area (Å²) in [6, 6.07) is 5.09. The molecule has 0 bridgehead atoms. The Hall–Kier alpha value is -2.42. The van der Waals surface area contributed by atoms with Crippen molar-refractivity contribution < 1.29 is 18.3 Å². The number of nitrogens with zero attached hydrogens (tertiary/aromatic N) is 3. The summed E-state index contributed by atoms with van der Waals surface area (Å²) in [5.41, 5.74) is -0.518. The zero-order valence-corrected chi connectivity index (χ0v) is 11.9. The lowest BCUT2D eigenvalue weighted by molar-refractivity contribution is 0.0696. The highest BCUT2D eigenvalue weighted by Gasteiger charge is 2.17. The Morgan fingerprint density at radius 3 is 2.67 bits per heavy atom. The average Bonchev–Trinajstić information content (AvgIpc) is 2.77. The van der Waals surface area contributed by atoms with Gasteiger partial charge in [0.25, 0.3) is 0 Å². The minimum absolute atomic E-state index is 0.0913. The number of sulfone groups is 1. The van der Waals surface area contributed by atoms with Crippen LogP contribution < -0.4 is 5.69 Å². The molecule has 1 N–H and O–H groups in total. The van der Waals surface area contributed by atoms with Crippen molar-refractivity contribution in [2.45, 2.75) is 11.4 Å². The predicted octanol–water partition coefficient (Wildman–Crippen LogP) is -0.246. The molecule has 0 aliphatic heterocycles. The molecule has 1 heterocycles. The normalized spacial score (nSPS) is 11.5. The van der Waals surface area contributed by atoms with Gasteiger partial charge in [-0.15, -0.1) is 0 Å². The minimum atomic E-state index is -3.69. The van der Waals surface area contributed by atoms with E-state index in [0.29, 0.717) is 0 Å². The van der Waals surface area contributed by atoms with E-state index in [9.17, 15) is 18.0 Å². The van der Waals surface area contributed by atoms with Crippen LogP contribution in [0.1, 0.15) is 10.4 Å². The Morgan fingerprint density at radius 2 is 2.10 bits per heavy atom. The van der Waals surface area contributed by atoms with E-state index >= 15 is 0 Å². The monoisotopic (exact) mass is 311 g/mol. The fourth-order valence-corrected chi connectivity index (χ4v) is 2.96.